The van der Waals surface area contributed by atoms with Crippen LogP contribution in [0.3, 0.4) is 0 Å². The van der Waals surface area contributed by atoms with E-state index in [4.69, 9.17) is 0 Å². The summed E-state index contributed by atoms with van der Waals surface area (Å²) in [6.07, 6.45) is 2.87. The van der Waals surface area contributed by atoms with Crippen LogP contribution >= 0.6 is 11.3 Å². The molecule has 0 bridgehead atoms. The van der Waals surface area contributed by atoms with Gasteiger partial charge in [0.15, 0.2) is 0 Å². The number of nitrogens with zero attached hydrogens (tertiary/aromatic N) is 1. The lowest BCUT2D eigenvalue weighted by Crippen LogP contribution is -1.98. The van der Waals surface area contributed by atoms with Crippen LogP contribution in [0, 0.1) is 12.7 Å². The van der Waals surface area contributed by atoms with Gasteiger partial charge in [0.05, 0.1) is 11.6 Å². The van der Waals surface area contributed by atoms with E-state index in [1.54, 1.807) is 24.3 Å². The third kappa shape index (κ3) is 3.03. The molecule has 2 aromatic rings. The number of hydrogen-bond acceptors (Lipinski definition) is 3. The first-order valence-corrected chi connectivity index (χ1v) is 6.44. The van der Waals surface area contributed by atoms with Crippen molar-refractivity contribution in [2.75, 3.05) is 5.32 Å². The van der Waals surface area contributed by atoms with Gasteiger partial charge in [0, 0.05) is 16.8 Å². The molecule has 0 amide bonds. The standard InChI is InChI=1S/C13H15FN2S/c1-3-13-16-8-11(17-13)7-15-10-4-5-12(14)9(2)6-10/h4-6,8,15H,3,7H2,1-2H3. The molecule has 1 heterocycles. The molecule has 0 radical (unpaired) electrons. The normalized spacial score (nSPS) is 10.5. The number of rotatable bonds is 4. The van der Waals surface area contributed by atoms with E-state index < -0.39 is 0 Å². The van der Waals surface area contributed by atoms with E-state index in [0.29, 0.717) is 5.56 Å². The number of nitrogens with one attached hydrogen (secondary N) is 1. The quantitative estimate of drug-likeness (QED) is 0.893. The lowest BCUT2D eigenvalue weighted by Gasteiger charge is -2.05. The minimum Gasteiger partial charge on any atom is -0.380 e. The number of halogens is 1. The van der Waals surface area contributed by atoms with Crippen molar-refractivity contribution in [2.24, 2.45) is 0 Å². The Labute approximate surface area is 105 Å². The van der Waals surface area contributed by atoms with Crippen molar-refractivity contribution in [3.05, 3.63) is 45.7 Å². The molecule has 4 heteroatoms. The first-order chi connectivity index (χ1) is 8.19. The molecule has 0 fully saturated rings. The van der Waals surface area contributed by atoms with Gasteiger partial charge in [0.2, 0.25) is 0 Å². The van der Waals surface area contributed by atoms with Crippen molar-refractivity contribution in [3.63, 3.8) is 0 Å². The molecule has 0 atom stereocenters. The van der Waals surface area contributed by atoms with Crippen molar-refractivity contribution in [1.82, 2.24) is 4.98 Å². The van der Waals surface area contributed by atoms with Gasteiger partial charge < -0.3 is 5.32 Å². The molecule has 1 aromatic heterocycles. The maximum absolute atomic E-state index is 13.1. The summed E-state index contributed by atoms with van der Waals surface area (Å²) in [5, 5.41) is 4.42. The number of anilines is 1. The van der Waals surface area contributed by atoms with Crippen molar-refractivity contribution in [1.29, 1.82) is 0 Å². The lowest BCUT2D eigenvalue weighted by molar-refractivity contribution is 0.618. The predicted octanol–water partition coefficient (Wildman–Crippen LogP) is 3.77. The van der Waals surface area contributed by atoms with Gasteiger partial charge in [0.1, 0.15) is 5.82 Å². The number of aromatic nitrogens is 1. The highest BCUT2D eigenvalue weighted by atomic mass is 32.1. The smallest absolute Gasteiger partial charge is 0.126 e. The second kappa shape index (κ2) is 5.27. The molecule has 17 heavy (non-hydrogen) atoms. The van der Waals surface area contributed by atoms with Gasteiger partial charge in [-0.2, -0.15) is 0 Å². The van der Waals surface area contributed by atoms with Crippen molar-refractivity contribution >= 4 is 17.0 Å². The van der Waals surface area contributed by atoms with Crippen LogP contribution in [0.15, 0.2) is 24.4 Å². The molecule has 1 N–H and O–H groups in total. The Bertz CT molecular complexity index is 508. The van der Waals surface area contributed by atoms with Crippen LogP contribution in [0.25, 0.3) is 0 Å². The van der Waals surface area contributed by atoms with Crippen LogP contribution < -0.4 is 5.32 Å². The third-order valence-electron chi connectivity index (χ3n) is 2.53. The van der Waals surface area contributed by atoms with E-state index in [-0.39, 0.29) is 5.82 Å². The highest BCUT2D eigenvalue weighted by molar-refractivity contribution is 7.11. The summed E-state index contributed by atoms with van der Waals surface area (Å²) in [6, 6.07) is 5.06. The van der Waals surface area contributed by atoms with Crippen LogP contribution in [0.1, 0.15) is 22.4 Å². The molecule has 0 aliphatic carbocycles. The van der Waals surface area contributed by atoms with Crippen LogP contribution in [0.2, 0.25) is 0 Å². The number of aryl methyl sites for hydroxylation is 2. The number of hydrogen-bond donors (Lipinski definition) is 1. The summed E-state index contributed by atoms with van der Waals surface area (Å²) in [5.74, 6) is -0.165. The number of benzene rings is 1. The minimum absolute atomic E-state index is 0.165. The van der Waals surface area contributed by atoms with Crippen LogP contribution in [0.5, 0.6) is 0 Å². The summed E-state index contributed by atoms with van der Waals surface area (Å²) < 4.78 is 13.1. The Kier molecular flexibility index (Phi) is 3.74. The van der Waals surface area contributed by atoms with Crippen LogP contribution in [0.4, 0.5) is 10.1 Å². The molecule has 2 nitrogen and oxygen atoms in total. The molecule has 0 aliphatic rings. The van der Waals surface area contributed by atoms with Crippen LogP contribution in [-0.4, -0.2) is 4.98 Å². The first-order valence-electron chi connectivity index (χ1n) is 5.62. The monoisotopic (exact) mass is 250 g/mol. The van der Waals surface area contributed by atoms with Crippen molar-refractivity contribution in [3.8, 4) is 0 Å². The van der Waals surface area contributed by atoms with Gasteiger partial charge in [-0.15, -0.1) is 11.3 Å². The highest BCUT2D eigenvalue weighted by Gasteiger charge is 2.01. The molecule has 0 saturated heterocycles. The van der Waals surface area contributed by atoms with Crippen molar-refractivity contribution < 1.29 is 4.39 Å². The summed E-state index contributed by atoms with van der Waals surface area (Å²) in [5.41, 5.74) is 1.60. The van der Waals surface area contributed by atoms with Gasteiger partial charge in [-0.3, -0.25) is 0 Å². The van der Waals surface area contributed by atoms with Gasteiger partial charge in [-0.05, 0) is 37.1 Å². The topological polar surface area (TPSA) is 24.9 Å². The SMILES string of the molecule is CCc1ncc(CNc2ccc(F)c(C)c2)s1. The molecule has 1 aromatic carbocycles. The molecule has 90 valence electrons. The molecular weight excluding hydrogens is 235 g/mol. The van der Waals surface area contributed by atoms with Gasteiger partial charge in [-0.25, -0.2) is 9.37 Å². The van der Waals surface area contributed by atoms with E-state index in [2.05, 4.69) is 17.2 Å². The van der Waals surface area contributed by atoms with Gasteiger partial charge >= 0.3 is 0 Å². The van der Waals surface area contributed by atoms with E-state index in [0.717, 1.165) is 23.7 Å². The largest absolute Gasteiger partial charge is 0.380 e. The molecule has 0 aliphatic heterocycles. The average molecular weight is 250 g/mol. The maximum Gasteiger partial charge on any atom is 0.126 e. The molecular formula is C13H15FN2S. The average Bonchev–Trinajstić information content (AvgIpc) is 2.79. The Morgan fingerprint density at radius 1 is 1.41 bits per heavy atom. The lowest BCUT2D eigenvalue weighted by atomic mass is 10.2. The summed E-state index contributed by atoms with van der Waals surface area (Å²) in [4.78, 5) is 5.50. The van der Waals surface area contributed by atoms with E-state index in [1.165, 1.54) is 10.9 Å². The van der Waals surface area contributed by atoms with Crippen LogP contribution in [-0.2, 0) is 13.0 Å². The molecule has 0 spiro atoms. The molecule has 2 rings (SSSR count). The third-order valence-corrected chi connectivity index (χ3v) is 3.67. The second-order valence-electron chi connectivity index (χ2n) is 3.89. The minimum atomic E-state index is -0.165. The fraction of sp³-hybridized carbons (Fsp3) is 0.308. The zero-order valence-electron chi connectivity index (χ0n) is 9.96. The molecule has 0 unspecified atom stereocenters. The van der Waals surface area contributed by atoms with E-state index in [1.807, 2.05) is 12.3 Å². The maximum atomic E-state index is 13.1. The predicted molar refractivity (Wildman–Crippen MR) is 70.0 cm³/mol. The summed E-state index contributed by atoms with van der Waals surface area (Å²) in [6.45, 7) is 4.60. The fourth-order valence-electron chi connectivity index (χ4n) is 1.54. The molecule has 0 saturated carbocycles. The highest BCUT2D eigenvalue weighted by Crippen LogP contribution is 2.17. The second-order valence-corrected chi connectivity index (χ2v) is 5.09. The van der Waals surface area contributed by atoms with E-state index >= 15 is 0 Å². The van der Waals surface area contributed by atoms with Gasteiger partial charge in [0.25, 0.3) is 0 Å². The Morgan fingerprint density at radius 2 is 2.24 bits per heavy atom. The Hall–Kier alpha value is -1.42. The summed E-state index contributed by atoms with van der Waals surface area (Å²) in [7, 11) is 0. The first kappa shape index (κ1) is 12.0. The van der Waals surface area contributed by atoms with E-state index in [9.17, 15) is 4.39 Å². The van der Waals surface area contributed by atoms with Crippen molar-refractivity contribution in [2.45, 2.75) is 26.8 Å². The Balaban J connectivity index is 1.99. The fourth-order valence-corrected chi connectivity index (χ4v) is 2.34. The Morgan fingerprint density at radius 3 is 2.88 bits per heavy atom. The van der Waals surface area contributed by atoms with Gasteiger partial charge in [-0.1, -0.05) is 6.92 Å². The number of thiazole rings is 1. The zero-order valence-corrected chi connectivity index (χ0v) is 10.8. The zero-order chi connectivity index (χ0) is 12.3. The summed E-state index contributed by atoms with van der Waals surface area (Å²) >= 11 is 1.71.